The number of aromatic amines is 1. The number of piperidine rings is 1. The van der Waals surface area contributed by atoms with Crippen LogP contribution < -0.4 is 14.8 Å². The molecule has 0 radical (unpaired) electrons. The van der Waals surface area contributed by atoms with Crippen LogP contribution in [0.2, 0.25) is 0 Å². The van der Waals surface area contributed by atoms with Crippen LogP contribution in [-0.4, -0.2) is 57.5 Å². The molecule has 3 N–H and O–H groups in total. The quantitative estimate of drug-likeness (QED) is 0.720. The number of hydrogen-bond donors (Lipinski definition) is 3. The first kappa shape index (κ1) is 17.7. The number of fused-ring (bicyclic) bond motifs is 1. The number of hydrogen-bond acceptors (Lipinski definition) is 7. The van der Waals surface area contributed by atoms with Crippen molar-refractivity contribution in [2.45, 2.75) is 37.8 Å². The fourth-order valence-electron chi connectivity index (χ4n) is 4.26. The fraction of sp³-hybridized carbons (Fsp3) is 0.556. The molecule has 0 spiro atoms. The SMILES string of the molecule is COc1cccc(O[C@H]2CCC3CN[C@H](C(=O)O)CC3C2)c1-c1nn[nH]n1. The molecule has 1 aromatic heterocycles. The molecule has 0 bridgehead atoms. The number of aliphatic carboxylic acids is 1. The average molecular weight is 373 g/mol. The standard InChI is InChI=1S/C18H23N5O4/c1-26-14-3-2-4-15(16(14)17-20-22-23-21-17)27-12-6-5-10-9-19-13(18(24)25)8-11(10)7-12/h2-4,10-13,19H,5-9H2,1H3,(H,24,25)(H,20,21,22,23)/t10?,11?,12-,13-/m0/s1. The number of benzene rings is 1. The summed E-state index contributed by atoms with van der Waals surface area (Å²) >= 11 is 0. The van der Waals surface area contributed by atoms with Crippen LogP contribution in [0.4, 0.5) is 0 Å². The van der Waals surface area contributed by atoms with Gasteiger partial charge in [-0.25, -0.2) is 0 Å². The van der Waals surface area contributed by atoms with E-state index in [0.717, 1.165) is 25.8 Å². The molecule has 1 aliphatic heterocycles. The molecule has 1 aromatic carbocycles. The van der Waals surface area contributed by atoms with Gasteiger partial charge in [0.25, 0.3) is 0 Å². The molecular formula is C18H23N5O4. The van der Waals surface area contributed by atoms with Crippen LogP contribution in [-0.2, 0) is 4.79 Å². The third kappa shape index (κ3) is 3.59. The number of aromatic nitrogens is 4. The van der Waals surface area contributed by atoms with Gasteiger partial charge in [-0.2, -0.15) is 5.21 Å². The van der Waals surface area contributed by atoms with Gasteiger partial charge in [0.15, 0.2) is 0 Å². The van der Waals surface area contributed by atoms with Crippen LogP contribution in [0, 0.1) is 11.8 Å². The molecular weight excluding hydrogens is 350 g/mol. The first-order chi connectivity index (χ1) is 13.2. The second-order valence-electron chi connectivity index (χ2n) is 7.18. The van der Waals surface area contributed by atoms with Crippen LogP contribution in [0.1, 0.15) is 25.7 Å². The first-order valence-electron chi connectivity index (χ1n) is 9.19. The lowest BCUT2D eigenvalue weighted by atomic mass is 9.72. The molecule has 4 rings (SSSR count). The van der Waals surface area contributed by atoms with Crippen molar-refractivity contribution in [3.63, 3.8) is 0 Å². The number of ether oxygens (including phenoxy) is 2. The molecule has 2 heterocycles. The molecule has 2 aliphatic rings. The van der Waals surface area contributed by atoms with E-state index in [0.29, 0.717) is 41.1 Å². The van der Waals surface area contributed by atoms with Crippen LogP contribution in [0.25, 0.3) is 11.4 Å². The van der Waals surface area contributed by atoms with Gasteiger partial charge in [-0.1, -0.05) is 6.07 Å². The average Bonchev–Trinajstić information content (AvgIpc) is 3.21. The maximum atomic E-state index is 11.3. The lowest BCUT2D eigenvalue weighted by molar-refractivity contribution is -0.141. The molecule has 9 nitrogen and oxygen atoms in total. The highest BCUT2D eigenvalue weighted by Gasteiger charge is 2.38. The second-order valence-corrected chi connectivity index (χ2v) is 7.18. The van der Waals surface area contributed by atoms with Gasteiger partial charge < -0.3 is 19.9 Å². The van der Waals surface area contributed by atoms with Crippen molar-refractivity contribution in [3.05, 3.63) is 18.2 Å². The maximum absolute atomic E-state index is 11.3. The number of carboxylic acid groups (broad SMARTS) is 1. The van der Waals surface area contributed by atoms with Gasteiger partial charge in [-0.05, 0) is 61.4 Å². The lowest BCUT2D eigenvalue weighted by Gasteiger charge is -2.41. The second kappa shape index (κ2) is 7.51. The number of nitrogens with one attached hydrogen (secondary N) is 2. The number of carboxylic acids is 1. The summed E-state index contributed by atoms with van der Waals surface area (Å²) in [5.41, 5.74) is 0.671. The smallest absolute Gasteiger partial charge is 0.320 e. The Hall–Kier alpha value is -2.68. The topological polar surface area (TPSA) is 122 Å². The molecule has 1 saturated carbocycles. The Kier molecular flexibility index (Phi) is 4.93. The summed E-state index contributed by atoms with van der Waals surface area (Å²) in [6, 6.07) is 5.12. The van der Waals surface area contributed by atoms with Crippen molar-refractivity contribution in [2.75, 3.05) is 13.7 Å². The lowest BCUT2D eigenvalue weighted by Crippen LogP contribution is -2.50. The van der Waals surface area contributed by atoms with Gasteiger partial charge in [-0.15, -0.1) is 10.2 Å². The van der Waals surface area contributed by atoms with Crippen LogP contribution >= 0.6 is 0 Å². The monoisotopic (exact) mass is 373 g/mol. The third-order valence-corrected chi connectivity index (χ3v) is 5.63. The molecule has 0 amide bonds. The van der Waals surface area contributed by atoms with Crippen molar-refractivity contribution >= 4 is 5.97 Å². The molecule has 9 heteroatoms. The maximum Gasteiger partial charge on any atom is 0.320 e. The number of carbonyl (C=O) groups is 1. The summed E-state index contributed by atoms with van der Waals surface area (Å²) in [4.78, 5) is 11.3. The Morgan fingerprint density at radius 2 is 2.07 bits per heavy atom. The molecule has 144 valence electrons. The summed E-state index contributed by atoms with van der Waals surface area (Å²) in [6.07, 6.45) is 3.48. The van der Waals surface area contributed by atoms with Gasteiger partial charge in [-0.3, -0.25) is 4.79 Å². The molecule has 1 saturated heterocycles. The van der Waals surface area contributed by atoms with Crippen molar-refractivity contribution in [3.8, 4) is 22.9 Å². The molecule has 2 aromatic rings. The zero-order valence-electron chi connectivity index (χ0n) is 15.1. The van der Waals surface area contributed by atoms with E-state index >= 15 is 0 Å². The zero-order valence-corrected chi connectivity index (χ0v) is 15.1. The Morgan fingerprint density at radius 1 is 1.22 bits per heavy atom. The van der Waals surface area contributed by atoms with E-state index in [2.05, 4.69) is 25.9 Å². The zero-order chi connectivity index (χ0) is 18.8. The number of tetrazole rings is 1. The molecule has 27 heavy (non-hydrogen) atoms. The van der Waals surface area contributed by atoms with E-state index in [4.69, 9.17) is 9.47 Å². The van der Waals surface area contributed by atoms with Gasteiger partial charge in [0.2, 0.25) is 5.82 Å². The Morgan fingerprint density at radius 3 is 2.81 bits per heavy atom. The molecule has 4 atom stereocenters. The number of rotatable bonds is 5. The highest BCUT2D eigenvalue weighted by atomic mass is 16.5. The van der Waals surface area contributed by atoms with E-state index in [1.807, 2.05) is 18.2 Å². The molecule has 2 unspecified atom stereocenters. The minimum Gasteiger partial charge on any atom is -0.496 e. The van der Waals surface area contributed by atoms with Gasteiger partial charge in [0.1, 0.15) is 23.1 Å². The van der Waals surface area contributed by atoms with Crippen molar-refractivity contribution in [1.29, 1.82) is 0 Å². The first-order valence-corrected chi connectivity index (χ1v) is 9.19. The Balaban J connectivity index is 1.52. The predicted molar refractivity (Wildman–Crippen MR) is 95.5 cm³/mol. The minimum absolute atomic E-state index is 0.0246. The van der Waals surface area contributed by atoms with E-state index in [9.17, 15) is 9.90 Å². The fourth-order valence-corrected chi connectivity index (χ4v) is 4.26. The highest BCUT2D eigenvalue weighted by Crippen LogP contribution is 2.41. The number of H-pyrrole nitrogens is 1. The van der Waals surface area contributed by atoms with Crippen molar-refractivity contribution in [2.24, 2.45) is 11.8 Å². The summed E-state index contributed by atoms with van der Waals surface area (Å²) in [5, 5.41) is 26.7. The molecule has 1 aliphatic carbocycles. The largest absolute Gasteiger partial charge is 0.496 e. The summed E-state index contributed by atoms with van der Waals surface area (Å²) in [6.45, 7) is 0.765. The normalized spacial score (nSPS) is 27.6. The summed E-state index contributed by atoms with van der Waals surface area (Å²) in [5.74, 6) is 1.79. The third-order valence-electron chi connectivity index (χ3n) is 5.63. The van der Waals surface area contributed by atoms with Crippen LogP contribution in [0.3, 0.4) is 0 Å². The van der Waals surface area contributed by atoms with Gasteiger partial charge in [0.05, 0.1) is 13.2 Å². The van der Waals surface area contributed by atoms with E-state index < -0.39 is 12.0 Å². The summed E-state index contributed by atoms with van der Waals surface area (Å²) < 4.78 is 11.8. The van der Waals surface area contributed by atoms with Gasteiger partial charge >= 0.3 is 5.97 Å². The van der Waals surface area contributed by atoms with E-state index in [-0.39, 0.29) is 6.10 Å². The minimum atomic E-state index is -0.774. The Bertz CT molecular complexity index is 797. The number of methoxy groups -OCH3 is 1. The van der Waals surface area contributed by atoms with E-state index in [1.54, 1.807) is 7.11 Å². The van der Waals surface area contributed by atoms with Crippen molar-refractivity contribution in [1.82, 2.24) is 25.9 Å². The Labute approximate surface area is 156 Å². The van der Waals surface area contributed by atoms with Gasteiger partial charge in [0, 0.05) is 0 Å². The number of nitrogens with zero attached hydrogens (tertiary/aromatic N) is 3. The van der Waals surface area contributed by atoms with Crippen molar-refractivity contribution < 1.29 is 19.4 Å². The highest BCUT2D eigenvalue weighted by molar-refractivity contribution is 5.73. The van der Waals surface area contributed by atoms with Crippen LogP contribution in [0.15, 0.2) is 18.2 Å². The predicted octanol–water partition coefficient (Wildman–Crippen LogP) is 1.49. The summed E-state index contributed by atoms with van der Waals surface area (Å²) in [7, 11) is 1.59. The van der Waals surface area contributed by atoms with E-state index in [1.165, 1.54) is 0 Å². The molecule has 2 fully saturated rings. The van der Waals surface area contributed by atoms with Crippen LogP contribution in [0.5, 0.6) is 11.5 Å².